The van der Waals surface area contributed by atoms with Gasteiger partial charge in [-0.2, -0.15) is 0 Å². The molecule has 3 aromatic rings. The molecule has 0 aliphatic carbocycles. The highest BCUT2D eigenvalue weighted by Gasteiger charge is 2.11. The summed E-state index contributed by atoms with van der Waals surface area (Å²) in [7, 11) is 0. The summed E-state index contributed by atoms with van der Waals surface area (Å²) in [5.74, 6) is 0.414. The van der Waals surface area contributed by atoms with Gasteiger partial charge in [-0.25, -0.2) is 0 Å². The summed E-state index contributed by atoms with van der Waals surface area (Å²) in [4.78, 5) is 15.2. The first-order valence-corrected chi connectivity index (χ1v) is 8.11. The van der Waals surface area contributed by atoms with Crippen LogP contribution in [0.5, 0.6) is 0 Å². The predicted octanol–water partition coefficient (Wildman–Crippen LogP) is 4.46. The zero-order valence-electron chi connectivity index (χ0n) is 14.5. The molecule has 3 N–H and O–H groups in total. The van der Waals surface area contributed by atoms with Gasteiger partial charge < -0.3 is 15.5 Å². The molecule has 3 rings (SSSR count). The summed E-state index contributed by atoms with van der Waals surface area (Å²) in [6.07, 6.45) is 0.887. The number of nitrogens with one attached hydrogen (secondary N) is 1. The molecular weight excluding hydrogens is 336 g/mol. The highest BCUT2D eigenvalue weighted by atomic mass is 35.5. The Morgan fingerprint density at radius 2 is 1.80 bits per heavy atom. The number of hydrogen-bond donors (Lipinski definition) is 2. The van der Waals surface area contributed by atoms with Crippen LogP contribution in [0.4, 0.5) is 5.82 Å². The molecule has 0 saturated carbocycles. The van der Waals surface area contributed by atoms with Crippen LogP contribution in [0.25, 0.3) is 10.9 Å². The second-order valence-electron chi connectivity index (χ2n) is 6.22. The van der Waals surface area contributed by atoms with Gasteiger partial charge >= 0.3 is 5.97 Å². The first kappa shape index (κ1) is 18.9. The number of H-pyrrole nitrogens is 1. The number of rotatable bonds is 5. The lowest BCUT2D eigenvalue weighted by atomic mass is 10.1. The maximum atomic E-state index is 12.1. The molecule has 0 spiro atoms. The molecule has 4 nitrogen and oxygen atoms in total. The highest BCUT2D eigenvalue weighted by Crippen LogP contribution is 2.25. The lowest BCUT2D eigenvalue weighted by Gasteiger charge is -2.07. The van der Waals surface area contributed by atoms with Gasteiger partial charge in [-0.3, -0.25) is 4.79 Å². The van der Waals surface area contributed by atoms with E-state index < -0.39 is 0 Å². The molecule has 0 fully saturated rings. The van der Waals surface area contributed by atoms with Gasteiger partial charge in [0, 0.05) is 22.9 Å². The van der Waals surface area contributed by atoms with Gasteiger partial charge in [-0.05, 0) is 31.9 Å². The number of para-hydroxylation sites is 1. The second kappa shape index (κ2) is 8.08. The number of nitrogen functional groups attached to an aromatic ring is 1. The van der Waals surface area contributed by atoms with Crippen molar-refractivity contribution < 1.29 is 9.53 Å². The molecular formula is C20H23ClN2O2. The van der Waals surface area contributed by atoms with Crippen LogP contribution in [-0.4, -0.2) is 11.0 Å². The number of fused-ring (bicyclic) bond motifs is 1. The molecule has 0 aliphatic rings. The quantitative estimate of drug-likeness (QED) is 0.661. The molecule has 0 saturated heterocycles. The Morgan fingerprint density at radius 1 is 1.12 bits per heavy atom. The minimum Gasteiger partial charge on any atom is -0.461 e. The molecule has 1 aromatic heterocycles. The van der Waals surface area contributed by atoms with Crippen molar-refractivity contribution in [2.75, 3.05) is 5.73 Å². The van der Waals surface area contributed by atoms with E-state index in [0.717, 1.165) is 22.0 Å². The fraction of sp³-hybridized carbons (Fsp3) is 0.250. The molecule has 0 unspecified atom stereocenters. The van der Waals surface area contributed by atoms with E-state index in [4.69, 9.17) is 10.5 Å². The van der Waals surface area contributed by atoms with Crippen molar-refractivity contribution in [2.24, 2.45) is 0 Å². The van der Waals surface area contributed by atoms with Crippen LogP contribution in [-0.2, 0) is 22.6 Å². The number of aryl methyl sites for hydroxylation is 3. The molecule has 0 radical (unpaired) electrons. The van der Waals surface area contributed by atoms with Crippen molar-refractivity contribution in [2.45, 2.75) is 33.3 Å². The molecule has 5 heteroatoms. The topological polar surface area (TPSA) is 68.1 Å². The Balaban J connectivity index is 0.00000225. The third-order valence-electron chi connectivity index (χ3n) is 4.11. The Kier molecular flexibility index (Phi) is 6.10. The highest BCUT2D eigenvalue weighted by molar-refractivity contribution is 5.88. The summed E-state index contributed by atoms with van der Waals surface area (Å²) >= 11 is 0. The Labute approximate surface area is 153 Å². The Hall–Kier alpha value is -2.46. The first-order valence-electron chi connectivity index (χ1n) is 8.11. The van der Waals surface area contributed by atoms with Crippen molar-refractivity contribution >= 4 is 35.1 Å². The molecule has 0 amide bonds. The molecule has 2 aromatic carbocycles. The van der Waals surface area contributed by atoms with Crippen LogP contribution in [0.3, 0.4) is 0 Å². The van der Waals surface area contributed by atoms with Crippen LogP contribution >= 0.6 is 12.4 Å². The summed E-state index contributed by atoms with van der Waals surface area (Å²) in [6.45, 7) is 4.39. The minimum atomic E-state index is -0.209. The van der Waals surface area contributed by atoms with E-state index in [2.05, 4.69) is 11.1 Å². The van der Waals surface area contributed by atoms with Crippen molar-refractivity contribution in [1.29, 1.82) is 0 Å². The number of halogens is 1. The van der Waals surface area contributed by atoms with Crippen LogP contribution in [0.2, 0.25) is 0 Å². The molecule has 1 heterocycles. The number of carbonyl (C=O) groups is 1. The third-order valence-corrected chi connectivity index (χ3v) is 4.11. The largest absolute Gasteiger partial charge is 0.461 e. The number of nitrogens with two attached hydrogens (primary N) is 1. The van der Waals surface area contributed by atoms with Crippen molar-refractivity contribution in [1.82, 2.24) is 4.98 Å². The normalized spacial score (nSPS) is 10.5. The van der Waals surface area contributed by atoms with E-state index in [0.29, 0.717) is 25.3 Å². The monoisotopic (exact) mass is 358 g/mol. The van der Waals surface area contributed by atoms with E-state index in [-0.39, 0.29) is 18.4 Å². The number of anilines is 1. The lowest BCUT2D eigenvalue weighted by Crippen LogP contribution is -2.07. The zero-order chi connectivity index (χ0) is 17.1. The molecule has 25 heavy (non-hydrogen) atoms. The smallest absolute Gasteiger partial charge is 0.306 e. The molecule has 132 valence electrons. The van der Waals surface area contributed by atoms with Gasteiger partial charge in [0.2, 0.25) is 0 Å². The van der Waals surface area contributed by atoms with Crippen LogP contribution in [0, 0.1) is 13.8 Å². The van der Waals surface area contributed by atoms with Gasteiger partial charge in [0.25, 0.3) is 0 Å². The third kappa shape index (κ3) is 4.54. The fourth-order valence-corrected chi connectivity index (χ4v) is 3.11. The van der Waals surface area contributed by atoms with E-state index in [9.17, 15) is 4.79 Å². The van der Waals surface area contributed by atoms with Crippen LogP contribution in [0.1, 0.15) is 28.7 Å². The van der Waals surface area contributed by atoms with E-state index in [1.807, 2.05) is 50.2 Å². The van der Waals surface area contributed by atoms with Gasteiger partial charge in [0.05, 0.1) is 0 Å². The summed E-state index contributed by atoms with van der Waals surface area (Å²) in [6, 6.07) is 14.1. The van der Waals surface area contributed by atoms with Crippen LogP contribution < -0.4 is 5.73 Å². The predicted molar refractivity (Wildman–Crippen MR) is 104 cm³/mol. The summed E-state index contributed by atoms with van der Waals surface area (Å²) in [5, 5.41) is 1.07. The second-order valence-corrected chi connectivity index (χ2v) is 6.22. The van der Waals surface area contributed by atoms with Gasteiger partial charge in [-0.1, -0.05) is 47.5 Å². The molecule has 0 aliphatic heterocycles. The van der Waals surface area contributed by atoms with Crippen LogP contribution in [0.15, 0.2) is 42.5 Å². The number of esters is 1. The number of benzene rings is 2. The summed E-state index contributed by atoms with van der Waals surface area (Å²) < 4.78 is 5.40. The average molecular weight is 359 g/mol. The van der Waals surface area contributed by atoms with Gasteiger partial charge in [0.1, 0.15) is 12.4 Å². The van der Waals surface area contributed by atoms with Crippen molar-refractivity contribution in [3.63, 3.8) is 0 Å². The number of carbonyl (C=O) groups excluding carboxylic acids is 1. The first-order chi connectivity index (χ1) is 11.5. The van der Waals surface area contributed by atoms with E-state index >= 15 is 0 Å². The van der Waals surface area contributed by atoms with Gasteiger partial charge in [0.15, 0.2) is 0 Å². The maximum Gasteiger partial charge on any atom is 0.306 e. The lowest BCUT2D eigenvalue weighted by molar-refractivity contribution is -0.144. The Morgan fingerprint density at radius 3 is 2.52 bits per heavy atom. The Bertz CT molecular complexity index is 866. The summed E-state index contributed by atoms with van der Waals surface area (Å²) in [5.41, 5.74) is 11.4. The van der Waals surface area contributed by atoms with E-state index in [1.165, 1.54) is 11.1 Å². The number of ether oxygens (including phenoxy) is 1. The SMILES string of the molecule is Cc1cc(C)cc(COC(=O)CCc2c(N)[nH]c3ccccc23)c1.Cl. The standard InChI is InChI=1S/C20H22N2O2.ClH/c1-13-9-14(2)11-15(10-13)12-24-19(23)8-7-17-16-5-3-4-6-18(16)22-20(17)21;/h3-6,9-11,22H,7-8,12,21H2,1-2H3;1H. The number of hydrogen-bond acceptors (Lipinski definition) is 3. The molecule has 0 atom stereocenters. The molecule has 0 bridgehead atoms. The average Bonchev–Trinajstić information content (AvgIpc) is 2.85. The zero-order valence-corrected chi connectivity index (χ0v) is 15.3. The number of aromatic nitrogens is 1. The van der Waals surface area contributed by atoms with E-state index in [1.54, 1.807) is 0 Å². The van der Waals surface area contributed by atoms with Crippen molar-refractivity contribution in [3.05, 3.63) is 64.7 Å². The fourth-order valence-electron chi connectivity index (χ4n) is 3.11. The van der Waals surface area contributed by atoms with Gasteiger partial charge in [-0.15, -0.1) is 12.4 Å². The van der Waals surface area contributed by atoms with Crippen molar-refractivity contribution in [3.8, 4) is 0 Å². The maximum absolute atomic E-state index is 12.1. The minimum absolute atomic E-state index is 0. The number of aromatic amines is 1.